The van der Waals surface area contributed by atoms with Crippen molar-refractivity contribution in [1.82, 2.24) is 0 Å². The van der Waals surface area contributed by atoms with E-state index in [0.717, 1.165) is 0 Å². The molecule has 39 valence electrons. The van der Waals surface area contributed by atoms with Gasteiger partial charge in [-0.2, -0.15) is 8.42 Å². The molecule has 0 aromatic carbocycles. The van der Waals surface area contributed by atoms with E-state index in [9.17, 15) is 8.42 Å². The van der Waals surface area contributed by atoms with E-state index in [2.05, 4.69) is 6.92 Å². The van der Waals surface area contributed by atoms with Crippen molar-refractivity contribution in [2.24, 2.45) is 0 Å². The van der Waals surface area contributed by atoms with Crippen molar-refractivity contribution in [3.63, 3.8) is 0 Å². The monoisotopic (exact) mass is 149 g/mol. The third-order valence-corrected chi connectivity index (χ3v) is 0.774. The van der Waals surface area contributed by atoms with Crippen LogP contribution in [0.1, 0.15) is 0 Å². The van der Waals surface area contributed by atoms with Gasteiger partial charge in [0, 0.05) is 0 Å². The van der Waals surface area contributed by atoms with Crippen molar-refractivity contribution in [3.05, 3.63) is 6.92 Å². The van der Waals surface area contributed by atoms with Crippen LogP contribution in [-0.4, -0.2) is 70.1 Å². The van der Waals surface area contributed by atoms with Crippen LogP contribution in [0.15, 0.2) is 0 Å². The van der Waals surface area contributed by atoms with Gasteiger partial charge in [-0.05, 0) is 6.92 Å². The fourth-order valence-corrected chi connectivity index (χ4v) is 0. The first-order chi connectivity index (χ1) is 2.56. The molecule has 5 heteroatoms. The molecular weight excluding hydrogens is 143 g/mol. The summed E-state index contributed by atoms with van der Waals surface area (Å²) in [7, 11) is -3.77. The molecule has 0 saturated carbocycles. The van der Waals surface area contributed by atoms with Crippen LogP contribution in [0.4, 0.5) is 0 Å². The van der Waals surface area contributed by atoms with E-state index in [0.29, 0.717) is 0 Å². The van der Waals surface area contributed by atoms with E-state index in [4.69, 9.17) is 4.55 Å². The quantitative estimate of drug-likeness (QED) is 0.387. The third-order valence-electron chi connectivity index (χ3n) is 0.258. The Labute approximate surface area is 85.7 Å². The van der Waals surface area contributed by atoms with E-state index in [1.807, 2.05) is 0 Å². The van der Waals surface area contributed by atoms with Crippen LogP contribution in [0.5, 0.6) is 0 Å². The van der Waals surface area contributed by atoms with Crippen LogP contribution < -0.4 is 0 Å². The molecule has 7 heavy (non-hydrogen) atoms. The van der Waals surface area contributed by atoms with E-state index < -0.39 is 15.9 Å². The Morgan fingerprint density at radius 1 is 1.57 bits per heavy atom. The molecule has 0 saturated heterocycles. The molecule has 3 nitrogen and oxygen atoms in total. The van der Waals surface area contributed by atoms with Gasteiger partial charge in [0.15, 0.2) is 0 Å². The van der Waals surface area contributed by atoms with Crippen molar-refractivity contribution in [2.75, 3.05) is 5.75 Å². The van der Waals surface area contributed by atoms with Gasteiger partial charge in [-0.15, -0.1) is 0 Å². The predicted molar refractivity (Wildman–Crippen MR) is 28.9 cm³/mol. The van der Waals surface area contributed by atoms with E-state index in [-0.39, 0.29) is 51.4 Å². The molecule has 0 heterocycles. The summed E-state index contributed by atoms with van der Waals surface area (Å²) in [4.78, 5) is 0. The van der Waals surface area contributed by atoms with Crippen LogP contribution in [-0.2, 0) is 10.1 Å². The molecule has 0 amide bonds. The first-order valence-corrected chi connectivity index (χ1v) is 2.91. The molecule has 0 unspecified atom stereocenters. The van der Waals surface area contributed by atoms with Gasteiger partial charge in [0.25, 0.3) is 10.1 Å². The second-order valence-electron chi connectivity index (χ2n) is 0.786. The van der Waals surface area contributed by atoms with Crippen molar-refractivity contribution in [2.45, 2.75) is 0 Å². The number of hydrogen-bond donors (Lipinski definition) is 1. The molecule has 1 radical (unpaired) electrons. The summed E-state index contributed by atoms with van der Waals surface area (Å²) in [6, 6.07) is 0. The summed E-state index contributed by atoms with van der Waals surface area (Å²) >= 11 is 0. The van der Waals surface area contributed by atoms with Crippen molar-refractivity contribution in [1.29, 1.82) is 0 Å². The Hall–Kier alpha value is 1.55. The van der Waals surface area contributed by atoms with Crippen LogP contribution in [0, 0.1) is 6.92 Å². The Balaban J connectivity index is 0. The third kappa shape index (κ3) is 11.2. The summed E-state index contributed by atoms with van der Waals surface area (Å²) in [5, 5.41) is 0. The zero-order valence-corrected chi connectivity index (χ0v) is 3.90. The molecule has 0 atom stereocenters. The van der Waals surface area contributed by atoms with Crippen molar-refractivity contribution in [3.8, 4) is 0 Å². The van der Waals surface area contributed by atoms with Crippen LogP contribution >= 0.6 is 0 Å². The molecule has 0 fully saturated rings. The van der Waals surface area contributed by atoms with Gasteiger partial charge in [-0.3, -0.25) is 4.55 Å². The predicted octanol–water partition coefficient (Wildman–Crippen LogP) is -0.940. The van der Waals surface area contributed by atoms with Gasteiger partial charge in [-0.1, -0.05) is 0 Å². The van der Waals surface area contributed by atoms with E-state index in [1.54, 1.807) is 0 Å². The summed E-state index contributed by atoms with van der Waals surface area (Å²) < 4.78 is 26.7. The summed E-state index contributed by atoms with van der Waals surface area (Å²) in [5.41, 5.74) is 0. The fourth-order valence-electron chi connectivity index (χ4n) is 0. The Kier molecular flexibility index (Phi) is 7.18. The first kappa shape index (κ1) is 11.4. The number of hydrogen-bond acceptors (Lipinski definition) is 2. The van der Waals surface area contributed by atoms with Crippen LogP contribution in [0.2, 0.25) is 0 Å². The topological polar surface area (TPSA) is 54.4 Å². The van der Waals surface area contributed by atoms with E-state index in [1.165, 1.54) is 0 Å². The molecule has 0 aliphatic rings. The van der Waals surface area contributed by atoms with Crippen LogP contribution in [0.3, 0.4) is 0 Å². The average Bonchev–Trinajstić information content (AvgIpc) is 1.35. The summed E-state index contributed by atoms with van der Waals surface area (Å²) in [6.07, 6.45) is 0. The fraction of sp³-hybridized carbons (Fsp3) is 0.500. The molecule has 0 aliphatic heterocycles. The maximum atomic E-state index is 9.49. The van der Waals surface area contributed by atoms with Gasteiger partial charge < -0.3 is 0 Å². The van der Waals surface area contributed by atoms with Gasteiger partial charge in [0.2, 0.25) is 0 Å². The van der Waals surface area contributed by atoms with Crippen molar-refractivity contribution >= 4 is 61.5 Å². The first-order valence-electron chi connectivity index (χ1n) is 1.30. The maximum absolute atomic E-state index is 9.49. The Morgan fingerprint density at radius 2 is 1.71 bits per heavy atom. The zero-order valence-electron chi connectivity index (χ0n) is 3.09. The second kappa shape index (κ2) is 4.43. The van der Waals surface area contributed by atoms with Gasteiger partial charge in [0.1, 0.15) is 0 Å². The molecule has 1 N–H and O–H groups in total. The molecule has 0 aromatic rings. The second-order valence-corrected chi connectivity index (χ2v) is 2.36. The van der Waals surface area contributed by atoms with E-state index >= 15 is 0 Å². The Bertz CT molecular complexity index is 115. The number of rotatable bonds is 1. The molecule has 0 aromatic heterocycles. The summed E-state index contributed by atoms with van der Waals surface area (Å²) in [5.74, 6) is -0.451. The van der Waals surface area contributed by atoms with Gasteiger partial charge in [0.05, 0.1) is 5.75 Å². The molecule has 0 aliphatic carbocycles. The normalized spacial score (nSPS) is 10.0. The SMILES string of the molecule is [CH2]CS(=O)(=O)O.[KH]. The van der Waals surface area contributed by atoms with Crippen LogP contribution in [0.25, 0.3) is 0 Å². The standard InChI is InChI=1S/C2H5O3S.K.H/c1-2-6(3,4)5;;/h1-2H2,(H,3,4,5);;. The van der Waals surface area contributed by atoms with Crippen molar-refractivity contribution < 1.29 is 13.0 Å². The molecule has 0 bridgehead atoms. The summed E-state index contributed by atoms with van der Waals surface area (Å²) in [6.45, 7) is 2.92. The minimum absolute atomic E-state index is 0. The molecular formula is C2H6KO3S. The van der Waals surface area contributed by atoms with Gasteiger partial charge >= 0.3 is 51.4 Å². The Morgan fingerprint density at radius 3 is 1.71 bits per heavy atom. The minimum atomic E-state index is -3.77. The molecule has 0 spiro atoms. The van der Waals surface area contributed by atoms with Gasteiger partial charge in [-0.25, -0.2) is 0 Å². The average molecular weight is 149 g/mol. The zero-order chi connectivity index (χ0) is 5.21. The molecule has 0 rings (SSSR count).